The fraction of sp³-hybridized carbons (Fsp3) is 0.0588. The van der Waals surface area contributed by atoms with E-state index in [1.165, 1.54) is 66.3 Å². The summed E-state index contributed by atoms with van der Waals surface area (Å²) in [6.45, 7) is 4.72. The number of nitrogens with zero attached hydrogens (tertiary/aromatic N) is 2. The molecular formula is C51H38N2. The number of hydrogen-bond donors (Lipinski definition) is 0. The summed E-state index contributed by atoms with van der Waals surface area (Å²) >= 11 is 0. The van der Waals surface area contributed by atoms with Gasteiger partial charge in [0.1, 0.15) is 0 Å². The van der Waals surface area contributed by atoms with Crippen LogP contribution in [0.4, 0.5) is 17.1 Å². The summed E-state index contributed by atoms with van der Waals surface area (Å²) in [5.41, 5.74) is 16.9. The van der Waals surface area contributed by atoms with Gasteiger partial charge in [0.2, 0.25) is 0 Å². The minimum atomic E-state index is -0.128. The standard InChI is InChI=1S/C51H38N2/c1-51(2)46-24-14-12-22-41(46)42-31-30-40(32-47(42)51)52(39-28-26-36(27-29-39)35-16-6-3-7-17-35)49-34-50-45(33-44(49)37-18-8-4-9-19-37)43-23-13-15-25-48(43)53(50)38-20-10-5-11-21-38/h3-34H,1-2H3. The van der Waals surface area contributed by atoms with E-state index >= 15 is 0 Å². The molecule has 0 spiro atoms. The van der Waals surface area contributed by atoms with Crippen LogP contribution < -0.4 is 4.90 Å². The van der Waals surface area contributed by atoms with Crippen molar-refractivity contribution in [3.05, 3.63) is 205 Å². The first-order valence-corrected chi connectivity index (χ1v) is 18.4. The molecule has 53 heavy (non-hydrogen) atoms. The molecule has 2 nitrogen and oxygen atoms in total. The van der Waals surface area contributed by atoms with Gasteiger partial charge in [0.25, 0.3) is 0 Å². The molecule has 0 saturated heterocycles. The van der Waals surface area contributed by atoms with Crippen molar-refractivity contribution in [1.29, 1.82) is 0 Å². The molecule has 0 bridgehead atoms. The highest BCUT2D eigenvalue weighted by atomic mass is 15.1. The van der Waals surface area contributed by atoms with Crippen LogP contribution in [-0.2, 0) is 5.41 Å². The third kappa shape index (κ3) is 5.02. The molecule has 8 aromatic carbocycles. The zero-order valence-corrected chi connectivity index (χ0v) is 29.9. The molecule has 1 heterocycles. The van der Waals surface area contributed by atoms with Gasteiger partial charge < -0.3 is 9.47 Å². The number of fused-ring (bicyclic) bond motifs is 6. The molecule has 0 aliphatic heterocycles. The molecule has 0 amide bonds. The van der Waals surface area contributed by atoms with E-state index in [0.29, 0.717) is 0 Å². The average Bonchev–Trinajstić information content (AvgIpc) is 3.66. The molecule has 2 heteroatoms. The van der Waals surface area contributed by atoms with Gasteiger partial charge in [0.15, 0.2) is 0 Å². The van der Waals surface area contributed by atoms with Crippen LogP contribution in [0.2, 0.25) is 0 Å². The van der Waals surface area contributed by atoms with Gasteiger partial charge in [-0.15, -0.1) is 0 Å². The van der Waals surface area contributed by atoms with Crippen molar-refractivity contribution in [2.24, 2.45) is 0 Å². The quantitative estimate of drug-likeness (QED) is 0.170. The van der Waals surface area contributed by atoms with Crippen LogP contribution in [0.5, 0.6) is 0 Å². The van der Waals surface area contributed by atoms with Gasteiger partial charge >= 0.3 is 0 Å². The van der Waals surface area contributed by atoms with Gasteiger partial charge in [-0.3, -0.25) is 0 Å². The normalized spacial score (nSPS) is 12.9. The molecule has 10 rings (SSSR count). The van der Waals surface area contributed by atoms with Gasteiger partial charge in [0.05, 0.1) is 16.7 Å². The van der Waals surface area contributed by atoms with Crippen LogP contribution in [0.15, 0.2) is 194 Å². The minimum absolute atomic E-state index is 0.128. The maximum atomic E-state index is 2.48. The third-order valence-corrected chi connectivity index (χ3v) is 11.2. The van der Waals surface area contributed by atoms with E-state index in [0.717, 1.165) is 22.7 Å². The van der Waals surface area contributed by atoms with Crippen molar-refractivity contribution in [1.82, 2.24) is 4.57 Å². The molecule has 0 saturated carbocycles. The minimum Gasteiger partial charge on any atom is -0.310 e. The molecule has 0 unspecified atom stereocenters. The Bertz CT molecular complexity index is 2780. The highest BCUT2D eigenvalue weighted by Gasteiger charge is 2.36. The summed E-state index contributed by atoms with van der Waals surface area (Å²) in [5, 5.41) is 2.47. The Hall–Kier alpha value is -6.64. The molecule has 0 radical (unpaired) electrons. The Morgan fingerprint density at radius 3 is 1.74 bits per heavy atom. The number of hydrogen-bond acceptors (Lipinski definition) is 1. The summed E-state index contributed by atoms with van der Waals surface area (Å²) < 4.78 is 2.42. The summed E-state index contributed by atoms with van der Waals surface area (Å²) in [7, 11) is 0. The van der Waals surface area contributed by atoms with E-state index < -0.39 is 0 Å². The summed E-state index contributed by atoms with van der Waals surface area (Å²) in [4.78, 5) is 2.48. The smallest absolute Gasteiger partial charge is 0.0562 e. The Kier molecular flexibility index (Phi) is 7.19. The van der Waals surface area contributed by atoms with Crippen molar-refractivity contribution < 1.29 is 0 Å². The summed E-state index contributed by atoms with van der Waals surface area (Å²) in [6, 6.07) is 70.9. The van der Waals surface area contributed by atoms with Crippen LogP contribution in [0, 0.1) is 0 Å². The second kappa shape index (κ2) is 12.3. The van der Waals surface area contributed by atoms with Crippen molar-refractivity contribution in [2.45, 2.75) is 19.3 Å². The van der Waals surface area contributed by atoms with Crippen LogP contribution in [-0.4, -0.2) is 4.57 Å². The summed E-state index contributed by atoms with van der Waals surface area (Å²) in [5.74, 6) is 0. The molecule has 252 valence electrons. The molecule has 0 N–H and O–H groups in total. The van der Waals surface area contributed by atoms with Crippen molar-refractivity contribution in [3.8, 4) is 39.1 Å². The fourth-order valence-corrected chi connectivity index (χ4v) is 8.59. The second-order valence-electron chi connectivity index (χ2n) is 14.6. The maximum Gasteiger partial charge on any atom is 0.0562 e. The van der Waals surface area contributed by atoms with Gasteiger partial charge in [-0.2, -0.15) is 0 Å². The van der Waals surface area contributed by atoms with Crippen LogP contribution in [0.3, 0.4) is 0 Å². The van der Waals surface area contributed by atoms with Gasteiger partial charge in [0, 0.05) is 38.8 Å². The topological polar surface area (TPSA) is 8.17 Å². The third-order valence-electron chi connectivity index (χ3n) is 11.2. The fourth-order valence-electron chi connectivity index (χ4n) is 8.59. The Morgan fingerprint density at radius 1 is 0.396 bits per heavy atom. The zero-order valence-electron chi connectivity index (χ0n) is 29.9. The molecular weight excluding hydrogens is 641 g/mol. The number of anilines is 3. The highest BCUT2D eigenvalue weighted by Crippen LogP contribution is 2.52. The van der Waals surface area contributed by atoms with Gasteiger partial charge in [-0.1, -0.05) is 153 Å². The average molecular weight is 679 g/mol. The molecule has 9 aromatic rings. The molecule has 0 atom stereocenters. The number of rotatable bonds is 6. The Labute approximate surface area is 310 Å². The molecule has 1 aromatic heterocycles. The molecule has 0 fully saturated rings. The largest absolute Gasteiger partial charge is 0.310 e. The van der Waals surface area contributed by atoms with E-state index in [1.807, 2.05) is 0 Å². The lowest BCUT2D eigenvalue weighted by Gasteiger charge is -2.30. The maximum absolute atomic E-state index is 2.48. The van der Waals surface area contributed by atoms with E-state index in [4.69, 9.17) is 0 Å². The lowest BCUT2D eigenvalue weighted by atomic mass is 9.82. The number of benzene rings is 8. The predicted octanol–water partition coefficient (Wildman–Crippen LogP) is 13.9. The van der Waals surface area contributed by atoms with Crippen LogP contribution in [0.25, 0.3) is 60.9 Å². The van der Waals surface area contributed by atoms with E-state index in [-0.39, 0.29) is 5.41 Å². The zero-order chi connectivity index (χ0) is 35.5. The Balaban J connectivity index is 1.27. The van der Waals surface area contributed by atoms with Crippen molar-refractivity contribution in [3.63, 3.8) is 0 Å². The van der Waals surface area contributed by atoms with Gasteiger partial charge in [-0.25, -0.2) is 0 Å². The van der Waals surface area contributed by atoms with Crippen molar-refractivity contribution in [2.75, 3.05) is 4.90 Å². The van der Waals surface area contributed by atoms with Crippen LogP contribution >= 0.6 is 0 Å². The van der Waals surface area contributed by atoms with E-state index in [1.54, 1.807) is 0 Å². The number of aromatic nitrogens is 1. The van der Waals surface area contributed by atoms with E-state index in [9.17, 15) is 0 Å². The Morgan fingerprint density at radius 2 is 0.981 bits per heavy atom. The predicted molar refractivity (Wildman–Crippen MR) is 224 cm³/mol. The monoisotopic (exact) mass is 678 g/mol. The van der Waals surface area contributed by atoms with Crippen molar-refractivity contribution >= 4 is 38.9 Å². The summed E-state index contributed by atoms with van der Waals surface area (Å²) in [6.07, 6.45) is 0. The molecule has 1 aliphatic carbocycles. The lowest BCUT2D eigenvalue weighted by Crippen LogP contribution is -2.17. The molecule has 1 aliphatic rings. The van der Waals surface area contributed by atoms with Crippen LogP contribution in [0.1, 0.15) is 25.0 Å². The second-order valence-corrected chi connectivity index (χ2v) is 14.6. The van der Waals surface area contributed by atoms with Gasteiger partial charge in [-0.05, 0) is 93.5 Å². The SMILES string of the molecule is CC1(C)c2ccccc2-c2ccc(N(c3ccc(-c4ccccc4)cc3)c3cc4c(cc3-c3ccccc3)c3ccccc3n4-c3ccccc3)cc21. The van der Waals surface area contributed by atoms with E-state index in [2.05, 4.69) is 217 Å². The highest BCUT2D eigenvalue weighted by molar-refractivity contribution is 6.13. The first-order valence-electron chi connectivity index (χ1n) is 18.4. The lowest BCUT2D eigenvalue weighted by molar-refractivity contribution is 0.660. The first kappa shape index (κ1) is 31.1. The first-order chi connectivity index (χ1) is 26.1. The number of para-hydroxylation sites is 2.